The molecular weight excluding hydrogens is 356 g/mol. The third kappa shape index (κ3) is 5.33. The Morgan fingerprint density at radius 3 is 2.36 bits per heavy atom. The zero-order valence-corrected chi connectivity index (χ0v) is 17.2. The summed E-state index contributed by atoms with van der Waals surface area (Å²) in [6, 6.07) is 6.07. The van der Waals surface area contributed by atoms with Crippen molar-refractivity contribution in [2.45, 2.75) is 32.0 Å². The number of rotatable bonds is 9. The van der Waals surface area contributed by atoms with Crippen LogP contribution in [0, 0.1) is 0 Å². The van der Waals surface area contributed by atoms with E-state index in [9.17, 15) is 0 Å². The van der Waals surface area contributed by atoms with E-state index in [1.807, 2.05) is 43.5 Å². The largest absolute Gasteiger partial charge is 0.493 e. The highest BCUT2D eigenvalue weighted by atomic mass is 16.5. The Morgan fingerprint density at radius 2 is 1.75 bits per heavy atom. The minimum atomic E-state index is 0.280. The second-order valence-corrected chi connectivity index (χ2v) is 7.28. The van der Waals surface area contributed by atoms with Gasteiger partial charge in [0.05, 0.1) is 20.3 Å². The van der Waals surface area contributed by atoms with Crippen molar-refractivity contribution in [3.8, 4) is 11.5 Å². The molecule has 0 saturated carbocycles. The first kappa shape index (κ1) is 20.4. The number of aromatic nitrogens is 2. The zero-order valence-electron chi connectivity index (χ0n) is 17.2. The third-order valence-electron chi connectivity index (χ3n) is 4.84. The average Bonchev–Trinajstić information content (AvgIpc) is 3.21. The Kier molecular flexibility index (Phi) is 7.06. The van der Waals surface area contributed by atoms with Crippen LogP contribution in [0.25, 0.3) is 0 Å². The molecule has 1 saturated heterocycles. The van der Waals surface area contributed by atoms with Crippen molar-refractivity contribution in [3.05, 3.63) is 41.7 Å². The minimum Gasteiger partial charge on any atom is -0.493 e. The molecule has 0 N–H and O–H groups in total. The number of hydrogen-bond acceptors (Lipinski definition) is 7. The molecule has 1 aromatic heterocycles. The van der Waals surface area contributed by atoms with E-state index in [1.165, 1.54) is 5.56 Å². The van der Waals surface area contributed by atoms with E-state index >= 15 is 0 Å². The molecule has 1 aromatic carbocycles. The Morgan fingerprint density at radius 1 is 1.04 bits per heavy atom. The second-order valence-electron chi connectivity index (χ2n) is 7.28. The van der Waals surface area contributed by atoms with Crippen LogP contribution in [-0.2, 0) is 17.8 Å². The lowest BCUT2D eigenvalue weighted by Crippen LogP contribution is -2.31. The molecule has 152 valence electrons. The molecule has 0 aliphatic carbocycles. The highest BCUT2D eigenvalue weighted by Gasteiger charge is 2.20. The minimum absolute atomic E-state index is 0.280. The van der Waals surface area contributed by atoms with Crippen LogP contribution >= 0.6 is 0 Å². The molecular formula is C21H30N4O3. The van der Waals surface area contributed by atoms with Crippen LogP contribution in [-0.4, -0.2) is 62.4 Å². The molecule has 3 rings (SSSR count). The van der Waals surface area contributed by atoms with Gasteiger partial charge >= 0.3 is 0 Å². The van der Waals surface area contributed by atoms with E-state index in [0.29, 0.717) is 5.95 Å². The molecule has 0 radical (unpaired) electrons. The van der Waals surface area contributed by atoms with Crippen LogP contribution in [0.5, 0.6) is 11.5 Å². The van der Waals surface area contributed by atoms with E-state index in [4.69, 9.17) is 14.2 Å². The van der Waals surface area contributed by atoms with E-state index < -0.39 is 0 Å². The number of methoxy groups -OCH3 is 2. The number of nitrogens with zero attached hydrogens (tertiary/aromatic N) is 4. The summed E-state index contributed by atoms with van der Waals surface area (Å²) in [6.07, 6.45) is 6.33. The van der Waals surface area contributed by atoms with E-state index in [0.717, 1.165) is 56.1 Å². The summed E-state index contributed by atoms with van der Waals surface area (Å²) in [4.78, 5) is 13.2. The zero-order chi connectivity index (χ0) is 19.9. The van der Waals surface area contributed by atoms with Gasteiger partial charge in [-0.1, -0.05) is 6.07 Å². The number of ether oxygens (including phenoxy) is 3. The van der Waals surface area contributed by atoms with Crippen molar-refractivity contribution in [1.82, 2.24) is 14.9 Å². The monoisotopic (exact) mass is 386 g/mol. The Bertz CT molecular complexity index is 746. The molecule has 28 heavy (non-hydrogen) atoms. The SMILES string of the molecule is COc1ccc(CN(Cc2cnc(N(C)C)nc2)C[C@H]2CCCO2)cc1OC. The standard InChI is InChI=1S/C21H30N4O3/c1-24(2)21-22-11-17(12-23-21)14-25(15-18-6-5-9-28-18)13-16-7-8-19(26-3)20(10-16)27-4/h7-8,10-12,18H,5-6,9,13-15H2,1-4H3/t18-/m1/s1. The first-order valence-corrected chi connectivity index (χ1v) is 9.62. The van der Waals surface area contributed by atoms with Crippen molar-refractivity contribution in [2.24, 2.45) is 0 Å². The van der Waals surface area contributed by atoms with Gasteiger partial charge in [-0.15, -0.1) is 0 Å². The number of hydrogen-bond donors (Lipinski definition) is 0. The number of benzene rings is 1. The van der Waals surface area contributed by atoms with E-state index in [-0.39, 0.29) is 6.10 Å². The second kappa shape index (κ2) is 9.71. The molecule has 0 unspecified atom stereocenters. The first-order valence-electron chi connectivity index (χ1n) is 9.62. The van der Waals surface area contributed by atoms with Crippen molar-refractivity contribution in [2.75, 3.05) is 46.4 Å². The van der Waals surface area contributed by atoms with Gasteiger partial charge in [-0.05, 0) is 30.5 Å². The predicted octanol–water partition coefficient (Wildman–Crippen LogP) is 2.74. The molecule has 0 amide bonds. The molecule has 1 aliphatic heterocycles. The summed E-state index contributed by atoms with van der Waals surface area (Å²) < 4.78 is 16.7. The Labute approximate surface area is 167 Å². The average molecular weight is 386 g/mol. The van der Waals surface area contributed by atoms with Gasteiger partial charge in [0.2, 0.25) is 5.95 Å². The van der Waals surface area contributed by atoms with Crippen molar-refractivity contribution in [3.63, 3.8) is 0 Å². The van der Waals surface area contributed by atoms with Gasteiger partial charge in [-0.3, -0.25) is 4.90 Å². The first-order chi connectivity index (χ1) is 13.6. The Hall–Kier alpha value is -2.38. The van der Waals surface area contributed by atoms with Crippen molar-refractivity contribution < 1.29 is 14.2 Å². The summed E-state index contributed by atoms with van der Waals surface area (Å²) in [5, 5.41) is 0. The van der Waals surface area contributed by atoms with E-state index in [1.54, 1.807) is 14.2 Å². The lowest BCUT2D eigenvalue weighted by molar-refractivity contribution is 0.0678. The molecule has 0 spiro atoms. The fraction of sp³-hybridized carbons (Fsp3) is 0.524. The number of anilines is 1. The molecule has 2 aromatic rings. The third-order valence-corrected chi connectivity index (χ3v) is 4.84. The summed E-state index contributed by atoms with van der Waals surface area (Å²) >= 11 is 0. The van der Waals surface area contributed by atoms with Crippen LogP contribution in [0.1, 0.15) is 24.0 Å². The van der Waals surface area contributed by atoms with Crippen LogP contribution < -0.4 is 14.4 Å². The fourth-order valence-electron chi connectivity index (χ4n) is 3.42. The van der Waals surface area contributed by atoms with Gasteiger partial charge in [-0.25, -0.2) is 9.97 Å². The maximum absolute atomic E-state index is 5.87. The molecule has 0 bridgehead atoms. The van der Waals surface area contributed by atoms with Crippen LogP contribution in [0.4, 0.5) is 5.95 Å². The Balaban J connectivity index is 1.74. The normalized spacial score (nSPS) is 16.4. The van der Waals surface area contributed by atoms with Crippen LogP contribution in [0.2, 0.25) is 0 Å². The summed E-state index contributed by atoms with van der Waals surface area (Å²) in [5.41, 5.74) is 2.26. The highest BCUT2D eigenvalue weighted by molar-refractivity contribution is 5.42. The maximum atomic E-state index is 5.87. The van der Waals surface area contributed by atoms with Crippen LogP contribution in [0.15, 0.2) is 30.6 Å². The molecule has 1 fully saturated rings. The van der Waals surface area contributed by atoms with Gasteiger partial charge < -0.3 is 19.1 Å². The summed E-state index contributed by atoms with van der Waals surface area (Å²) in [5.74, 6) is 2.20. The molecule has 2 heterocycles. The quantitative estimate of drug-likeness (QED) is 0.657. The summed E-state index contributed by atoms with van der Waals surface area (Å²) in [7, 11) is 7.19. The van der Waals surface area contributed by atoms with E-state index in [2.05, 4.69) is 20.9 Å². The van der Waals surface area contributed by atoms with Crippen molar-refractivity contribution in [1.29, 1.82) is 0 Å². The van der Waals surface area contributed by atoms with Crippen molar-refractivity contribution >= 4 is 5.95 Å². The highest BCUT2D eigenvalue weighted by Crippen LogP contribution is 2.28. The van der Waals surface area contributed by atoms with Gasteiger partial charge in [0.1, 0.15) is 0 Å². The smallest absolute Gasteiger partial charge is 0.224 e. The lowest BCUT2D eigenvalue weighted by Gasteiger charge is -2.25. The lowest BCUT2D eigenvalue weighted by atomic mass is 10.1. The van der Waals surface area contributed by atoms with Crippen LogP contribution in [0.3, 0.4) is 0 Å². The van der Waals surface area contributed by atoms with Gasteiger partial charge in [0.25, 0.3) is 0 Å². The predicted molar refractivity (Wildman–Crippen MR) is 109 cm³/mol. The fourth-order valence-corrected chi connectivity index (χ4v) is 3.42. The molecule has 7 nitrogen and oxygen atoms in total. The van der Waals surface area contributed by atoms with Gasteiger partial charge in [0, 0.05) is 58.3 Å². The topological polar surface area (TPSA) is 60.0 Å². The van der Waals surface area contributed by atoms with Gasteiger partial charge in [0.15, 0.2) is 11.5 Å². The molecule has 7 heteroatoms. The molecule has 1 atom stereocenters. The van der Waals surface area contributed by atoms with Gasteiger partial charge in [-0.2, -0.15) is 0 Å². The summed E-state index contributed by atoms with van der Waals surface area (Å²) in [6.45, 7) is 3.29. The maximum Gasteiger partial charge on any atom is 0.224 e. The molecule has 1 aliphatic rings.